The Labute approximate surface area is 130 Å². The summed E-state index contributed by atoms with van der Waals surface area (Å²) in [7, 11) is 0. The first-order chi connectivity index (χ1) is 9.91. The van der Waals surface area contributed by atoms with Gasteiger partial charge in [0, 0.05) is 11.1 Å². The lowest BCUT2D eigenvalue weighted by Crippen LogP contribution is -2.55. The zero-order chi connectivity index (χ0) is 15.3. The monoisotopic (exact) mass is 294 g/mol. The average Bonchev–Trinajstić information content (AvgIpc) is 2.45. The lowest BCUT2D eigenvalue weighted by Gasteiger charge is -2.47. The summed E-state index contributed by atoms with van der Waals surface area (Å²) in [6.07, 6.45) is 10.7. The van der Waals surface area contributed by atoms with Gasteiger partial charge in [-0.1, -0.05) is 25.7 Å². The molecule has 2 fully saturated rings. The zero-order valence-electron chi connectivity index (χ0n) is 14.2. The predicted octanol–water partition coefficient (Wildman–Crippen LogP) is 2.88. The van der Waals surface area contributed by atoms with Gasteiger partial charge >= 0.3 is 0 Å². The van der Waals surface area contributed by atoms with Crippen LogP contribution in [0.1, 0.15) is 72.1 Å². The molecule has 0 aromatic carbocycles. The molecule has 21 heavy (non-hydrogen) atoms. The minimum atomic E-state index is -0.0154. The molecule has 1 saturated carbocycles. The minimum absolute atomic E-state index is 0.0154. The van der Waals surface area contributed by atoms with Gasteiger partial charge in [0.15, 0.2) is 5.96 Å². The van der Waals surface area contributed by atoms with Crippen LogP contribution in [0.15, 0.2) is 4.99 Å². The van der Waals surface area contributed by atoms with Crippen LogP contribution in [0.2, 0.25) is 0 Å². The largest absolute Gasteiger partial charge is 0.370 e. The van der Waals surface area contributed by atoms with E-state index in [1.165, 1.54) is 64.5 Å². The molecule has 0 atom stereocenters. The van der Waals surface area contributed by atoms with Crippen LogP contribution in [0.4, 0.5) is 0 Å². The normalized spacial score (nSPS) is 24.8. The molecule has 4 heteroatoms. The number of nitrogens with zero attached hydrogens (tertiary/aromatic N) is 2. The molecule has 2 rings (SSSR count). The maximum atomic E-state index is 6.09. The molecule has 0 amide bonds. The average molecular weight is 294 g/mol. The van der Waals surface area contributed by atoms with E-state index in [-0.39, 0.29) is 11.1 Å². The highest BCUT2D eigenvalue weighted by molar-refractivity contribution is 5.78. The fraction of sp³-hybridized carbons (Fsp3) is 0.941. The smallest absolute Gasteiger partial charge is 0.189 e. The Bertz CT molecular complexity index is 344. The Hall–Kier alpha value is -0.770. The summed E-state index contributed by atoms with van der Waals surface area (Å²) in [6, 6.07) is 0. The van der Waals surface area contributed by atoms with Crippen molar-refractivity contribution in [3.63, 3.8) is 0 Å². The number of guanidine groups is 1. The zero-order valence-corrected chi connectivity index (χ0v) is 14.2. The lowest BCUT2D eigenvalue weighted by molar-refractivity contribution is 0.0407. The van der Waals surface area contributed by atoms with Gasteiger partial charge < -0.3 is 11.1 Å². The number of hydrogen-bond donors (Lipinski definition) is 2. The molecule has 0 spiro atoms. The van der Waals surface area contributed by atoms with Crippen LogP contribution in [0.3, 0.4) is 0 Å². The van der Waals surface area contributed by atoms with Gasteiger partial charge in [0.05, 0.1) is 6.54 Å². The van der Waals surface area contributed by atoms with Crippen LogP contribution in [-0.4, -0.2) is 41.6 Å². The van der Waals surface area contributed by atoms with Gasteiger partial charge in [-0.05, 0) is 59.5 Å². The van der Waals surface area contributed by atoms with E-state index in [9.17, 15) is 0 Å². The molecule has 4 nitrogen and oxygen atoms in total. The molecule has 1 heterocycles. The predicted molar refractivity (Wildman–Crippen MR) is 90.6 cm³/mol. The van der Waals surface area contributed by atoms with E-state index in [0.717, 1.165) is 6.54 Å². The first-order valence-corrected chi connectivity index (χ1v) is 8.75. The van der Waals surface area contributed by atoms with Crippen molar-refractivity contribution in [2.24, 2.45) is 10.7 Å². The summed E-state index contributed by atoms with van der Waals surface area (Å²) < 4.78 is 0. The quantitative estimate of drug-likeness (QED) is 0.621. The second-order valence-corrected chi connectivity index (χ2v) is 7.91. The van der Waals surface area contributed by atoms with Crippen LogP contribution in [0.5, 0.6) is 0 Å². The van der Waals surface area contributed by atoms with Crippen molar-refractivity contribution >= 4 is 5.96 Å². The van der Waals surface area contributed by atoms with Crippen LogP contribution >= 0.6 is 0 Å². The number of aliphatic imine (C=N–C) groups is 1. The van der Waals surface area contributed by atoms with Gasteiger partial charge in [-0.2, -0.15) is 0 Å². The third-order valence-corrected chi connectivity index (χ3v) is 4.86. The van der Waals surface area contributed by atoms with E-state index in [4.69, 9.17) is 10.7 Å². The van der Waals surface area contributed by atoms with E-state index in [0.29, 0.717) is 5.96 Å². The van der Waals surface area contributed by atoms with Crippen LogP contribution < -0.4 is 11.1 Å². The van der Waals surface area contributed by atoms with Gasteiger partial charge in [0.1, 0.15) is 0 Å². The number of nitrogens with two attached hydrogens (primary N) is 1. The lowest BCUT2D eigenvalue weighted by atomic mass is 9.79. The van der Waals surface area contributed by atoms with Crippen molar-refractivity contribution in [1.29, 1.82) is 0 Å². The van der Waals surface area contributed by atoms with E-state index >= 15 is 0 Å². The number of likely N-dealkylation sites (tertiary alicyclic amines) is 1. The van der Waals surface area contributed by atoms with Crippen LogP contribution in [0, 0.1) is 0 Å². The summed E-state index contributed by atoms with van der Waals surface area (Å²) >= 11 is 0. The van der Waals surface area contributed by atoms with E-state index < -0.39 is 0 Å². The highest BCUT2D eigenvalue weighted by Crippen LogP contribution is 2.35. The Balaban J connectivity index is 2.03. The maximum Gasteiger partial charge on any atom is 0.189 e. The number of piperidine rings is 1. The summed E-state index contributed by atoms with van der Waals surface area (Å²) in [5.41, 5.74) is 6.35. The molecule has 1 aliphatic heterocycles. The van der Waals surface area contributed by atoms with Crippen molar-refractivity contribution in [3.05, 3.63) is 0 Å². The molecule has 0 aromatic heterocycles. The molecule has 1 saturated heterocycles. The second kappa shape index (κ2) is 6.99. The fourth-order valence-electron chi connectivity index (χ4n) is 3.81. The molecule has 0 unspecified atom stereocenters. The Kier molecular flexibility index (Phi) is 5.53. The third kappa shape index (κ3) is 4.87. The van der Waals surface area contributed by atoms with Gasteiger partial charge in [0.2, 0.25) is 0 Å². The topological polar surface area (TPSA) is 53.6 Å². The van der Waals surface area contributed by atoms with Crippen molar-refractivity contribution in [1.82, 2.24) is 10.2 Å². The summed E-state index contributed by atoms with van der Waals surface area (Å²) in [5.74, 6) is 0.601. The molecule has 2 aliphatic rings. The first kappa shape index (κ1) is 16.6. The van der Waals surface area contributed by atoms with Gasteiger partial charge in [-0.15, -0.1) is 0 Å². The van der Waals surface area contributed by atoms with E-state index in [1.807, 2.05) is 0 Å². The Morgan fingerprint density at radius 1 is 1.05 bits per heavy atom. The minimum Gasteiger partial charge on any atom is -0.370 e. The molecule has 0 aromatic rings. The van der Waals surface area contributed by atoms with Crippen molar-refractivity contribution in [2.75, 3.05) is 19.6 Å². The number of nitrogens with one attached hydrogen (secondary N) is 1. The molecular weight excluding hydrogens is 260 g/mol. The molecule has 0 radical (unpaired) electrons. The SMILES string of the molecule is CC(C)(C)NC(N)=NCC1(N2CCCCC2)CCCCC1. The van der Waals surface area contributed by atoms with Crippen molar-refractivity contribution in [3.8, 4) is 0 Å². The molecule has 1 aliphatic carbocycles. The molecular formula is C17H34N4. The highest BCUT2D eigenvalue weighted by Gasteiger charge is 2.38. The molecule has 122 valence electrons. The van der Waals surface area contributed by atoms with E-state index in [1.54, 1.807) is 0 Å². The standard InChI is InChI=1S/C17H34N4/c1-16(2,3)20-15(18)19-14-17(10-6-4-7-11-17)21-12-8-5-9-13-21/h4-14H2,1-3H3,(H3,18,19,20). The Morgan fingerprint density at radius 2 is 1.62 bits per heavy atom. The summed E-state index contributed by atoms with van der Waals surface area (Å²) in [5, 5.41) is 3.29. The van der Waals surface area contributed by atoms with Crippen LogP contribution in [0.25, 0.3) is 0 Å². The highest BCUT2D eigenvalue weighted by atomic mass is 15.2. The van der Waals surface area contributed by atoms with E-state index in [2.05, 4.69) is 31.0 Å². The molecule has 3 N–H and O–H groups in total. The maximum absolute atomic E-state index is 6.09. The summed E-state index contributed by atoms with van der Waals surface area (Å²) in [6.45, 7) is 9.73. The van der Waals surface area contributed by atoms with Gasteiger partial charge in [-0.25, -0.2) is 0 Å². The number of rotatable bonds is 3. The third-order valence-electron chi connectivity index (χ3n) is 4.86. The molecule has 0 bridgehead atoms. The first-order valence-electron chi connectivity index (χ1n) is 8.75. The van der Waals surface area contributed by atoms with Crippen molar-refractivity contribution in [2.45, 2.75) is 83.2 Å². The Morgan fingerprint density at radius 3 is 2.19 bits per heavy atom. The van der Waals surface area contributed by atoms with Crippen molar-refractivity contribution < 1.29 is 0 Å². The van der Waals surface area contributed by atoms with Gasteiger partial charge in [-0.3, -0.25) is 9.89 Å². The van der Waals surface area contributed by atoms with Crippen LogP contribution in [-0.2, 0) is 0 Å². The summed E-state index contributed by atoms with van der Waals surface area (Å²) in [4.78, 5) is 7.45. The second-order valence-electron chi connectivity index (χ2n) is 7.91. The number of hydrogen-bond acceptors (Lipinski definition) is 2. The fourth-order valence-corrected chi connectivity index (χ4v) is 3.81. The van der Waals surface area contributed by atoms with Gasteiger partial charge in [0.25, 0.3) is 0 Å².